The zero-order valence-corrected chi connectivity index (χ0v) is 47.1. The predicted molar refractivity (Wildman–Crippen MR) is 313 cm³/mol. The van der Waals surface area contributed by atoms with Crippen LogP contribution in [0, 0.1) is 12.3 Å². The zero-order chi connectivity index (χ0) is 56.8. The molecule has 0 bridgehead atoms. The number of aromatic amines is 2. The fourth-order valence-electron chi connectivity index (χ4n) is 10.7. The van der Waals surface area contributed by atoms with Gasteiger partial charge in [0, 0.05) is 102 Å². The molecule has 0 radical (unpaired) electrons. The number of alkyl halides is 1. The highest BCUT2D eigenvalue weighted by atomic mass is 35.5. The van der Waals surface area contributed by atoms with Crippen LogP contribution in [0.3, 0.4) is 0 Å². The number of ether oxygens (including phenoxy) is 3. The summed E-state index contributed by atoms with van der Waals surface area (Å²) in [4.78, 5) is 92.6. The zero-order valence-electron chi connectivity index (χ0n) is 45.5. The van der Waals surface area contributed by atoms with E-state index in [-0.39, 0.29) is 43.3 Å². The molecular weight excluding hydrogens is 1060 g/mol. The molecule has 7 amide bonds. The minimum atomic E-state index is -0.946. The number of amides is 7. The van der Waals surface area contributed by atoms with E-state index in [1.165, 1.54) is 34.0 Å². The first-order valence-electron chi connectivity index (χ1n) is 26.7. The van der Waals surface area contributed by atoms with Crippen molar-refractivity contribution in [2.45, 2.75) is 65.0 Å². The first-order chi connectivity index (χ1) is 38.4. The highest BCUT2D eigenvalue weighted by Gasteiger charge is 2.37. The number of fused-ring (bicyclic) bond motifs is 5. The standard InChI is InChI=1S/C58H68ClN11O9S/c1-34-31-80-51-48(79-57(76)68(5)33-58(2,3)32-67(4)56(75)78-30-35-10-12-39(13-11-35)62-44(9-8-18-60)52(71)66-55(61)74)27-47-50(49(34)51)38(28-59)29-70(47)54(73)46-26-36-23-40(14-16-42(36)65-46)63-53(72)45-25-37-24-41(15-17-43(37)64-45)77-22-21-69-19-6-7-20-69/h10-17,23-27,31,38,44,62,64-65H,6-9,18-22,28-30,32-33,60H2,1-5H3,(H,63,72)(H3,61,66,71,74)/t38-,44+/m1/s1. The van der Waals surface area contributed by atoms with Crippen molar-refractivity contribution < 1.29 is 43.0 Å². The highest BCUT2D eigenvalue weighted by Crippen LogP contribution is 2.49. The van der Waals surface area contributed by atoms with Gasteiger partial charge in [0.15, 0.2) is 5.75 Å². The van der Waals surface area contributed by atoms with Gasteiger partial charge in [0.2, 0.25) is 5.91 Å². The summed E-state index contributed by atoms with van der Waals surface area (Å²) in [5.74, 6) is -0.0575. The van der Waals surface area contributed by atoms with E-state index in [0.29, 0.717) is 77.8 Å². The number of carbonyl (C=O) groups is 6. The molecule has 9 N–H and O–H groups in total. The average Bonchev–Trinajstić information content (AvgIpc) is 4.41. The molecule has 7 aromatic rings. The van der Waals surface area contributed by atoms with Crippen molar-refractivity contribution in [2.75, 3.05) is 87.9 Å². The minimum absolute atomic E-state index is 0.0184. The van der Waals surface area contributed by atoms with E-state index in [0.717, 1.165) is 62.9 Å². The number of thiophene rings is 1. The Bertz CT molecular complexity index is 3440. The van der Waals surface area contributed by atoms with Crippen LogP contribution in [0.1, 0.15) is 83.1 Å². The van der Waals surface area contributed by atoms with Gasteiger partial charge in [-0.15, -0.1) is 22.9 Å². The summed E-state index contributed by atoms with van der Waals surface area (Å²) in [5.41, 5.74) is 16.7. The van der Waals surface area contributed by atoms with Crippen LogP contribution >= 0.6 is 22.9 Å². The first-order valence-corrected chi connectivity index (χ1v) is 28.1. The van der Waals surface area contributed by atoms with Gasteiger partial charge in [0.25, 0.3) is 11.8 Å². The van der Waals surface area contributed by atoms with Gasteiger partial charge in [-0.25, -0.2) is 14.4 Å². The lowest BCUT2D eigenvalue weighted by Crippen LogP contribution is -2.45. The van der Waals surface area contributed by atoms with Gasteiger partial charge in [-0.2, -0.15) is 0 Å². The summed E-state index contributed by atoms with van der Waals surface area (Å²) in [5, 5.41) is 12.7. The topological polar surface area (TPSA) is 263 Å². The Balaban J connectivity index is 0.817. The lowest BCUT2D eigenvalue weighted by Gasteiger charge is -2.33. The molecule has 9 rings (SSSR count). The van der Waals surface area contributed by atoms with Crippen LogP contribution in [-0.4, -0.2) is 139 Å². The third-order valence-electron chi connectivity index (χ3n) is 14.4. The Morgan fingerprint density at radius 1 is 0.875 bits per heavy atom. The van der Waals surface area contributed by atoms with Crippen LogP contribution in [0.15, 0.2) is 84.2 Å². The van der Waals surface area contributed by atoms with Crippen molar-refractivity contribution in [3.8, 4) is 11.5 Å². The second-order valence-electron chi connectivity index (χ2n) is 21.4. The SMILES string of the molecule is Cc1csc2c(OC(=O)N(C)CC(C)(C)CN(C)C(=O)OCc3ccc(N[C@@H](CCCN)C(=O)NC(N)=O)cc3)cc3c(c12)[C@H](CCl)CN3C(=O)c1cc2cc(NC(=O)c3cc4cc(OCCN5CCCC5)ccc4[nH]3)ccc2[nH]1. The number of rotatable bonds is 21. The van der Waals surface area contributed by atoms with Crippen LogP contribution in [0.4, 0.5) is 31.4 Å². The van der Waals surface area contributed by atoms with Crippen molar-refractivity contribution in [1.29, 1.82) is 0 Å². The number of urea groups is 1. The minimum Gasteiger partial charge on any atom is -0.492 e. The van der Waals surface area contributed by atoms with Crippen molar-refractivity contribution in [3.05, 3.63) is 112 Å². The number of likely N-dealkylation sites (tertiary alicyclic amines) is 1. The number of aryl methyl sites for hydroxylation is 1. The molecule has 1 saturated heterocycles. The van der Waals surface area contributed by atoms with Gasteiger partial charge in [-0.3, -0.25) is 24.6 Å². The normalized spacial score (nSPS) is 14.7. The van der Waals surface area contributed by atoms with E-state index < -0.39 is 35.6 Å². The lowest BCUT2D eigenvalue weighted by atomic mass is 9.92. The smallest absolute Gasteiger partial charge is 0.415 e. The number of nitrogens with one attached hydrogen (secondary N) is 5. The van der Waals surface area contributed by atoms with E-state index in [1.807, 2.05) is 62.5 Å². The molecule has 22 heteroatoms. The van der Waals surface area contributed by atoms with E-state index in [1.54, 1.807) is 61.5 Å². The monoisotopic (exact) mass is 1130 g/mol. The second-order valence-corrected chi connectivity index (χ2v) is 22.6. The van der Waals surface area contributed by atoms with Crippen LogP contribution in [0.2, 0.25) is 0 Å². The third-order valence-corrected chi connectivity index (χ3v) is 15.9. The maximum Gasteiger partial charge on any atom is 0.415 e. The molecule has 80 heavy (non-hydrogen) atoms. The van der Waals surface area contributed by atoms with Crippen LogP contribution in [0.25, 0.3) is 31.9 Å². The number of nitrogens with two attached hydrogens (primary N) is 2. The molecule has 3 aromatic heterocycles. The molecular formula is C58H68ClN11O9S. The average molecular weight is 1130 g/mol. The fourth-order valence-corrected chi connectivity index (χ4v) is 11.9. The molecule has 2 aliphatic rings. The summed E-state index contributed by atoms with van der Waals surface area (Å²) in [6, 6.07) is 21.8. The molecule has 0 unspecified atom stereocenters. The Morgan fingerprint density at radius 2 is 1.55 bits per heavy atom. The summed E-state index contributed by atoms with van der Waals surface area (Å²) in [6.07, 6.45) is 2.21. The third kappa shape index (κ3) is 13.2. The molecule has 422 valence electrons. The second kappa shape index (κ2) is 24.7. The van der Waals surface area contributed by atoms with Gasteiger partial charge in [-0.1, -0.05) is 26.0 Å². The van der Waals surface area contributed by atoms with Gasteiger partial charge in [0.05, 0.1) is 10.4 Å². The Labute approximate surface area is 472 Å². The van der Waals surface area contributed by atoms with E-state index in [2.05, 4.69) is 30.8 Å². The number of primary amides is 1. The Morgan fingerprint density at radius 3 is 2.26 bits per heavy atom. The number of nitrogens with zero attached hydrogens (tertiary/aromatic N) is 4. The Hall–Kier alpha value is -7.85. The van der Waals surface area contributed by atoms with Crippen LogP contribution in [-0.2, 0) is 16.1 Å². The number of hydrogen-bond donors (Lipinski definition) is 7. The number of benzene rings is 4. The van der Waals surface area contributed by atoms with Crippen molar-refractivity contribution in [2.24, 2.45) is 16.9 Å². The quantitative estimate of drug-likeness (QED) is 0.0332. The largest absolute Gasteiger partial charge is 0.492 e. The summed E-state index contributed by atoms with van der Waals surface area (Å²) >= 11 is 8.10. The maximum atomic E-state index is 14.6. The first kappa shape index (κ1) is 56.9. The van der Waals surface area contributed by atoms with Crippen molar-refractivity contribution >= 4 is 108 Å². The lowest BCUT2D eigenvalue weighted by molar-refractivity contribution is -0.120. The molecule has 4 aromatic carbocycles. The number of imide groups is 1. The highest BCUT2D eigenvalue weighted by molar-refractivity contribution is 7.17. The van der Waals surface area contributed by atoms with Crippen LogP contribution in [0.5, 0.6) is 11.5 Å². The maximum absolute atomic E-state index is 14.6. The number of halogens is 1. The fraction of sp³-hybridized carbons (Fsp3) is 0.379. The molecule has 1 fully saturated rings. The Kier molecular flexibility index (Phi) is 17.5. The molecule has 2 aliphatic heterocycles. The number of carbonyl (C=O) groups excluding carboxylic acids is 6. The molecule has 0 aliphatic carbocycles. The number of aromatic nitrogens is 2. The molecule has 0 saturated carbocycles. The summed E-state index contributed by atoms with van der Waals surface area (Å²) in [6.45, 7) is 10.7. The molecule has 20 nitrogen and oxygen atoms in total. The van der Waals surface area contributed by atoms with Gasteiger partial charge >= 0.3 is 18.2 Å². The number of H-pyrrole nitrogens is 2. The van der Waals surface area contributed by atoms with Crippen molar-refractivity contribution in [1.82, 2.24) is 30.0 Å². The molecule has 0 spiro atoms. The van der Waals surface area contributed by atoms with Gasteiger partial charge in [-0.05, 0) is 135 Å². The molecule has 5 heterocycles. The van der Waals surface area contributed by atoms with Gasteiger partial charge < -0.3 is 61.0 Å². The summed E-state index contributed by atoms with van der Waals surface area (Å²) in [7, 11) is 3.25. The molecule has 2 atom stereocenters. The van der Waals surface area contributed by atoms with Crippen molar-refractivity contribution in [3.63, 3.8) is 0 Å². The number of hydrogen-bond acceptors (Lipinski definition) is 13. The van der Waals surface area contributed by atoms with Gasteiger partial charge in [0.1, 0.15) is 36.4 Å². The van der Waals surface area contributed by atoms with E-state index in [9.17, 15) is 28.8 Å². The predicted octanol–water partition coefficient (Wildman–Crippen LogP) is 9.32. The number of anilines is 3. The summed E-state index contributed by atoms with van der Waals surface area (Å²) < 4.78 is 18.6. The van der Waals surface area contributed by atoms with Crippen LogP contribution < -0.4 is 41.8 Å². The van der Waals surface area contributed by atoms with E-state index in [4.69, 9.17) is 37.3 Å². The van der Waals surface area contributed by atoms with E-state index >= 15 is 0 Å².